The predicted octanol–water partition coefficient (Wildman–Crippen LogP) is 8.54. The van der Waals surface area contributed by atoms with Crippen LogP contribution in [-0.4, -0.2) is 20.9 Å². The van der Waals surface area contributed by atoms with E-state index in [1.165, 1.54) is 28.9 Å². The summed E-state index contributed by atoms with van der Waals surface area (Å²) in [6, 6.07) is 21.2. The number of para-hydroxylation sites is 1. The van der Waals surface area contributed by atoms with E-state index in [-0.39, 0.29) is 28.0 Å². The fourth-order valence-corrected chi connectivity index (χ4v) is 4.67. The van der Waals surface area contributed by atoms with E-state index in [1.807, 2.05) is 0 Å². The van der Waals surface area contributed by atoms with Gasteiger partial charge in [0.2, 0.25) is 0 Å². The second-order valence-corrected chi connectivity index (χ2v) is 9.61. The minimum atomic E-state index is -4.66. The molecule has 204 valence electrons. The van der Waals surface area contributed by atoms with E-state index in [4.69, 9.17) is 16.3 Å². The first-order valence-electron chi connectivity index (χ1n) is 12.1. The molecule has 1 atom stereocenters. The second-order valence-electron chi connectivity index (χ2n) is 9.17. The van der Waals surface area contributed by atoms with Gasteiger partial charge in [0, 0.05) is 27.1 Å². The first-order valence-corrected chi connectivity index (χ1v) is 12.5. The lowest BCUT2D eigenvalue weighted by Crippen LogP contribution is -2.08. The number of hydrogen-bond donors (Lipinski definition) is 1. The maximum Gasteiger partial charge on any atom is 0.418 e. The average Bonchev–Trinajstić information content (AvgIpc) is 3.27. The molecule has 5 aromatic rings. The molecule has 0 saturated carbocycles. The number of halogens is 5. The van der Waals surface area contributed by atoms with Gasteiger partial charge in [-0.15, -0.1) is 0 Å². The van der Waals surface area contributed by atoms with E-state index >= 15 is 0 Å². The average molecular weight is 569 g/mol. The van der Waals surface area contributed by atoms with Gasteiger partial charge in [-0.2, -0.15) is 18.3 Å². The van der Waals surface area contributed by atoms with E-state index in [0.717, 1.165) is 12.1 Å². The molecule has 0 radical (unpaired) electrons. The largest absolute Gasteiger partial charge is 0.481 e. The summed E-state index contributed by atoms with van der Waals surface area (Å²) in [6.45, 7) is 1.38. The van der Waals surface area contributed by atoms with E-state index < -0.39 is 29.4 Å². The van der Waals surface area contributed by atoms with Crippen molar-refractivity contribution < 1.29 is 32.2 Å². The van der Waals surface area contributed by atoms with Gasteiger partial charge in [-0.05, 0) is 43.3 Å². The fraction of sp³-hybridized carbons (Fsp3) is 0.133. The summed E-state index contributed by atoms with van der Waals surface area (Å²) >= 11 is 5.88. The molecule has 40 heavy (non-hydrogen) atoms. The van der Waals surface area contributed by atoms with E-state index in [2.05, 4.69) is 5.10 Å². The van der Waals surface area contributed by atoms with Gasteiger partial charge in [-0.1, -0.05) is 60.1 Å². The van der Waals surface area contributed by atoms with E-state index in [0.29, 0.717) is 28.3 Å². The number of fused-ring (bicyclic) bond motifs is 1. The molecule has 1 unspecified atom stereocenters. The van der Waals surface area contributed by atoms with Crippen LogP contribution in [0.15, 0.2) is 84.9 Å². The zero-order valence-corrected chi connectivity index (χ0v) is 21.7. The summed E-state index contributed by atoms with van der Waals surface area (Å²) in [5.41, 5.74) is 0.266. The Kier molecular flexibility index (Phi) is 7.25. The van der Waals surface area contributed by atoms with Crippen LogP contribution >= 0.6 is 11.6 Å². The Bertz CT molecular complexity index is 1730. The second kappa shape index (κ2) is 10.7. The van der Waals surface area contributed by atoms with Crippen LogP contribution in [0.3, 0.4) is 0 Å². The van der Waals surface area contributed by atoms with Crippen molar-refractivity contribution >= 4 is 28.5 Å². The normalized spacial score (nSPS) is 12.4. The highest BCUT2D eigenvalue weighted by Crippen LogP contribution is 2.39. The zero-order valence-electron chi connectivity index (χ0n) is 20.9. The number of nitrogens with zero attached hydrogens (tertiary/aromatic N) is 2. The highest BCUT2D eigenvalue weighted by atomic mass is 35.5. The van der Waals surface area contributed by atoms with Crippen LogP contribution in [0.2, 0.25) is 5.02 Å². The van der Waals surface area contributed by atoms with Crippen molar-refractivity contribution in [3.8, 4) is 22.8 Å². The zero-order chi connectivity index (χ0) is 28.6. The highest BCUT2D eigenvalue weighted by molar-refractivity contribution is 6.30. The number of benzene rings is 4. The third kappa shape index (κ3) is 5.37. The number of carbonyl (C=O) groups is 1. The lowest BCUT2D eigenvalue weighted by molar-refractivity contribution is -0.138. The first-order chi connectivity index (χ1) is 19.0. The molecular formula is C30H21ClF4N2O3. The van der Waals surface area contributed by atoms with Crippen molar-refractivity contribution in [1.29, 1.82) is 0 Å². The van der Waals surface area contributed by atoms with Gasteiger partial charge in [-0.3, -0.25) is 9.48 Å². The number of ether oxygens (including phenoxy) is 1. The Balaban J connectivity index is 1.64. The molecule has 1 aromatic heterocycles. The molecule has 0 amide bonds. The van der Waals surface area contributed by atoms with Crippen LogP contribution in [-0.2, 0) is 17.5 Å². The Morgan fingerprint density at radius 2 is 1.77 bits per heavy atom. The third-order valence-corrected chi connectivity index (χ3v) is 6.74. The molecule has 5 nitrogen and oxygen atoms in total. The van der Waals surface area contributed by atoms with Gasteiger partial charge in [-0.25, -0.2) is 4.39 Å². The quantitative estimate of drug-likeness (QED) is 0.200. The summed E-state index contributed by atoms with van der Waals surface area (Å²) in [6.07, 6.45) is -4.66. The van der Waals surface area contributed by atoms with Gasteiger partial charge in [0.1, 0.15) is 22.8 Å². The molecular weight excluding hydrogens is 548 g/mol. The maximum absolute atomic E-state index is 14.7. The molecule has 0 bridgehead atoms. The standard InChI is InChI=1S/C30H21ClF4N2O3/c1-17(29(38)39)22-8-2-3-11-26(22)40-21-7-4-6-18(14-21)28-23-9-5-10-24(30(33,34)35)27(23)36-37(28)16-19-12-13-20(31)15-25(19)32/h2-15,17H,16H2,1H3,(H,38,39). The SMILES string of the molecule is CC(C(=O)O)c1ccccc1Oc1cccc(-c2c3cccc(C(F)(F)F)c3nn2Cc2ccc(Cl)cc2F)c1. The summed E-state index contributed by atoms with van der Waals surface area (Å²) < 4.78 is 63.7. The molecule has 0 saturated heterocycles. The first kappa shape index (κ1) is 27.2. The summed E-state index contributed by atoms with van der Waals surface area (Å²) in [5, 5.41) is 14.2. The summed E-state index contributed by atoms with van der Waals surface area (Å²) in [4.78, 5) is 11.6. The minimum Gasteiger partial charge on any atom is -0.481 e. The number of aliphatic carboxylic acids is 1. The van der Waals surface area contributed by atoms with Crippen LogP contribution in [0.5, 0.6) is 11.5 Å². The van der Waals surface area contributed by atoms with Gasteiger partial charge >= 0.3 is 12.1 Å². The van der Waals surface area contributed by atoms with Crippen molar-refractivity contribution in [1.82, 2.24) is 9.78 Å². The molecule has 1 N–H and O–H groups in total. The number of alkyl halides is 3. The maximum atomic E-state index is 14.7. The topological polar surface area (TPSA) is 64.3 Å². The molecule has 1 heterocycles. The Hall–Kier alpha value is -4.37. The Labute approximate surface area is 231 Å². The van der Waals surface area contributed by atoms with Gasteiger partial charge in [0.05, 0.1) is 23.7 Å². The molecule has 0 aliphatic carbocycles. The Morgan fingerprint density at radius 3 is 2.50 bits per heavy atom. The lowest BCUT2D eigenvalue weighted by atomic mass is 10.0. The van der Waals surface area contributed by atoms with E-state index in [9.17, 15) is 27.5 Å². The smallest absolute Gasteiger partial charge is 0.418 e. The van der Waals surface area contributed by atoms with Crippen LogP contribution < -0.4 is 4.74 Å². The molecule has 0 aliphatic rings. The van der Waals surface area contributed by atoms with Crippen molar-refractivity contribution in [2.24, 2.45) is 0 Å². The Morgan fingerprint density at radius 1 is 1.02 bits per heavy atom. The molecule has 4 aromatic carbocycles. The molecule has 5 rings (SSSR count). The van der Waals surface area contributed by atoms with Crippen molar-refractivity contribution in [2.45, 2.75) is 25.6 Å². The van der Waals surface area contributed by atoms with Crippen molar-refractivity contribution in [2.75, 3.05) is 0 Å². The number of hydrogen-bond acceptors (Lipinski definition) is 3. The summed E-state index contributed by atoms with van der Waals surface area (Å²) in [5.74, 6) is -1.81. The predicted molar refractivity (Wildman–Crippen MR) is 143 cm³/mol. The minimum absolute atomic E-state index is 0.158. The fourth-order valence-electron chi connectivity index (χ4n) is 4.51. The van der Waals surface area contributed by atoms with Crippen molar-refractivity contribution in [3.63, 3.8) is 0 Å². The number of rotatable bonds is 7. The van der Waals surface area contributed by atoms with Gasteiger partial charge in [0.25, 0.3) is 0 Å². The third-order valence-electron chi connectivity index (χ3n) is 6.50. The lowest BCUT2D eigenvalue weighted by Gasteiger charge is -2.15. The van der Waals surface area contributed by atoms with Crippen LogP contribution in [0.4, 0.5) is 17.6 Å². The monoisotopic (exact) mass is 568 g/mol. The molecule has 10 heteroatoms. The van der Waals surface area contributed by atoms with Crippen molar-refractivity contribution in [3.05, 3.63) is 112 Å². The van der Waals surface area contributed by atoms with Crippen LogP contribution in [0.25, 0.3) is 22.2 Å². The summed E-state index contributed by atoms with van der Waals surface area (Å²) in [7, 11) is 0. The van der Waals surface area contributed by atoms with E-state index in [1.54, 1.807) is 55.5 Å². The molecule has 0 aliphatic heterocycles. The van der Waals surface area contributed by atoms with Crippen LogP contribution in [0, 0.1) is 5.82 Å². The highest BCUT2D eigenvalue weighted by Gasteiger charge is 2.34. The number of aromatic nitrogens is 2. The molecule has 0 fully saturated rings. The van der Waals surface area contributed by atoms with Gasteiger partial charge in [0.15, 0.2) is 0 Å². The van der Waals surface area contributed by atoms with Gasteiger partial charge < -0.3 is 9.84 Å². The molecule has 0 spiro atoms. The number of carboxylic acids is 1. The number of carboxylic acid groups (broad SMARTS) is 1. The van der Waals surface area contributed by atoms with Crippen LogP contribution in [0.1, 0.15) is 29.5 Å².